The Balaban J connectivity index is 2.56. The maximum atomic E-state index is 5.47. The summed E-state index contributed by atoms with van der Waals surface area (Å²) in [5.74, 6) is 0.973. The third-order valence-corrected chi connectivity index (χ3v) is 3.63. The van der Waals surface area contributed by atoms with Crippen molar-refractivity contribution in [2.24, 2.45) is 0 Å². The molecule has 74 valence electrons. The second kappa shape index (κ2) is 3.62. The van der Waals surface area contributed by atoms with Crippen molar-refractivity contribution in [1.82, 2.24) is 0 Å². The predicted molar refractivity (Wildman–Crippen MR) is 62.5 cm³/mol. The summed E-state index contributed by atoms with van der Waals surface area (Å²) in [6.45, 7) is 7.08. The van der Waals surface area contributed by atoms with Gasteiger partial charge in [0.25, 0.3) is 0 Å². The Hall–Kier alpha value is -1.02. The van der Waals surface area contributed by atoms with Crippen LogP contribution in [-0.2, 0) is 0 Å². The lowest BCUT2D eigenvalue weighted by Crippen LogP contribution is -1.89. The van der Waals surface area contributed by atoms with Crippen molar-refractivity contribution in [3.8, 4) is 5.75 Å². The summed E-state index contributed by atoms with van der Waals surface area (Å²) in [5.41, 5.74) is 1.40. The number of aryl methyl sites for hydroxylation is 2. The minimum Gasteiger partial charge on any atom is -0.494 e. The number of benzene rings is 1. The van der Waals surface area contributed by atoms with Gasteiger partial charge in [0.1, 0.15) is 5.75 Å². The average molecular weight is 206 g/mol. The number of ether oxygens (including phenoxy) is 1. The average Bonchev–Trinajstić information content (AvgIpc) is 2.43. The van der Waals surface area contributed by atoms with Crippen molar-refractivity contribution >= 4 is 21.4 Å². The van der Waals surface area contributed by atoms with E-state index < -0.39 is 0 Å². The van der Waals surface area contributed by atoms with Crippen molar-refractivity contribution in [2.75, 3.05) is 6.61 Å². The maximum Gasteiger partial charge on any atom is 0.120 e. The Kier molecular flexibility index (Phi) is 2.46. The Morgan fingerprint density at radius 1 is 1.29 bits per heavy atom. The molecular weight excluding hydrogens is 192 g/mol. The SMILES string of the molecule is CCOc1ccc2c(C)c(C)sc2c1. The highest BCUT2D eigenvalue weighted by molar-refractivity contribution is 7.19. The summed E-state index contributed by atoms with van der Waals surface area (Å²) in [7, 11) is 0. The van der Waals surface area contributed by atoms with Crippen LogP contribution in [0, 0.1) is 13.8 Å². The Labute approximate surface area is 88.3 Å². The van der Waals surface area contributed by atoms with Crippen molar-refractivity contribution in [3.63, 3.8) is 0 Å². The van der Waals surface area contributed by atoms with Gasteiger partial charge >= 0.3 is 0 Å². The third kappa shape index (κ3) is 1.50. The minimum absolute atomic E-state index is 0.731. The molecule has 0 N–H and O–H groups in total. The van der Waals surface area contributed by atoms with Gasteiger partial charge in [0.15, 0.2) is 0 Å². The molecule has 0 amide bonds. The topological polar surface area (TPSA) is 9.23 Å². The van der Waals surface area contributed by atoms with E-state index in [0.29, 0.717) is 0 Å². The second-order valence-electron chi connectivity index (χ2n) is 3.37. The lowest BCUT2D eigenvalue weighted by atomic mass is 10.1. The monoisotopic (exact) mass is 206 g/mol. The number of fused-ring (bicyclic) bond motifs is 1. The maximum absolute atomic E-state index is 5.47. The normalized spacial score (nSPS) is 10.8. The van der Waals surface area contributed by atoms with E-state index in [2.05, 4.69) is 26.0 Å². The van der Waals surface area contributed by atoms with Gasteiger partial charge in [0.05, 0.1) is 6.61 Å². The molecule has 0 aliphatic carbocycles. The lowest BCUT2D eigenvalue weighted by molar-refractivity contribution is 0.341. The number of rotatable bonds is 2. The molecule has 2 heteroatoms. The Morgan fingerprint density at radius 3 is 2.79 bits per heavy atom. The largest absolute Gasteiger partial charge is 0.494 e. The van der Waals surface area contributed by atoms with Gasteiger partial charge in [-0.05, 0) is 49.9 Å². The molecule has 0 atom stereocenters. The Morgan fingerprint density at radius 2 is 2.07 bits per heavy atom. The summed E-state index contributed by atoms with van der Waals surface area (Å²) in [6.07, 6.45) is 0. The van der Waals surface area contributed by atoms with Crippen LogP contribution >= 0.6 is 11.3 Å². The van der Waals surface area contributed by atoms with Gasteiger partial charge in [0.2, 0.25) is 0 Å². The molecule has 0 aliphatic heterocycles. The number of hydrogen-bond acceptors (Lipinski definition) is 2. The number of thiophene rings is 1. The number of hydrogen-bond donors (Lipinski definition) is 0. The van der Waals surface area contributed by atoms with E-state index >= 15 is 0 Å². The molecule has 0 radical (unpaired) electrons. The van der Waals surface area contributed by atoms with Crippen molar-refractivity contribution in [3.05, 3.63) is 28.6 Å². The van der Waals surface area contributed by atoms with E-state index in [1.54, 1.807) is 0 Å². The molecule has 0 saturated heterocycles. The molecule has 0 fully saturated rings. The van der Waals surface area contributed by atoms with Gasteiger partial charge in [0, 0.05) is 9.58 Å². The van der Waals surface area contributed by atoms with Crippen LogP contribution in [0.25, 0.3) is 10.1 Å². The van der Waals surface area contributed by atoms with E-state index in [9.17, 15) is 0 Å². The quantitative estimate of drug-likeness (QED) is 0.723. The molecule has 14 heavy (non-hydrogen) atoms. The standard InChI is InChI=1S/C12H14OS/c1-4-13-10-5-6-11-8(2)9(3)14-12(11)7-10/h5-7H,4H2,1-3H3. The highest BCUT2D eigenvalue weighted by Gasteiger charge is 2.05. The van der Waals surface area contributed by atoms with E-state index in [1.165, 1.54) is 20.5 Å². The summed E-state index contributed by atoms with van der Waals surface area (Å²) >= 11 is 1.84. The van der Waals surface area contributed by atoms with E-state index in [-0.39, 0.29) is 0 Å². The zero-order chi connectivity index (χ0) is 10.1. The smallest absolute Gasteiger partial charge is 0.120 e. The molecule has 0 bridgehead atoms. The van der Waals surface area contributed by atoms with Crippen LogP contribution in [0.4, 0.5) is 0 Å². The first-order chi connectivity index (χ1) is 6.72. The van der Waals surface area contributed by atoms with Crippen molar-refractivity contribution in [2.45, 2.75) is 20.8 Å². The van der Waals surface area contributed by atoms with E-state index in [0.717, 1.165) is 12.4 Å². The fraction of sp³-hybridized carbons (Fsp3) is 0.333. The summed E-state index contributed by atoms with van der Waals surface area (Å²) in [5, 5.41) is 1.36. The first-order valence-corrected chi connectivity index (χ1v) is 5.66. The first kappa shape index (κ1) is 9.53. The van der Waals surface area contributed by atoms with Crippen LogP contribution in [0.15, 0.2) is 18.2 Å². The van der Waals surface area contributed by atoms with Gasteiger partial charge in [-0.2, -0.15) is 0 Å². The van der Waals surface area contributed by atoms with Crippen LogP contribution in [-0.4, -0.2) is 6.61 Å². The third-order valence-electron chi connectivity index (χ3n) is 2.46. The fourth-order valence-corrected chi connectivity index (χ4v) is 2.68. The lowest BCUT2D eigenvalue weighted by Gasteiger charge is -2.01. The van der Waals surface area contributed by atoms with Gasteiger partial charge in [-0.1, -0.05) is 0 Å². The minimum atomic E-state index is 0.731. The van der Waals surface area contributed by atoms with Crippen LogP contribution in [0.5, 0.6) is 5.75 Å². The van der Waals surface area contributed by atoms with E-state index in [4.69, 9.17) is 4.74 Å². The molecule has 1 aromatic heterocycles. The molecule has 0 spiro atoms. The van der Waals surface area contributed by atoms with Gasteiger partial charge in [-0.15, -0.1) is 11.3 Å². The van der Waals surface area contributed by atoms with Crippen LogP contribution in [0.3, 0.4) is 0 Å². The first-order valence-electron chi connectivity index (χ1n) is 4.85. The second-order valence-corrected chi connectivity index (χ2v) is 4.63. The molecule has 0 aliphatic rings. The van der Waals surface area contributed by atoms with Crippen molar-refractivity contribution in [1.29, 1.82) is 0 Å². The molecule has 1 nitrogen and oxygen atoms in total. The molecule has 1 aromatic carbocycles. The zero-order valence-electron chi connectivity index (χ0n) is 8.76. The van der Waals surface area contributed by atoms with E-state index in [1.807, 2.05) is 24.3 Å². The molecular formula is C12H14OS. The van der Waals surface area contributed by atoms with Gasteiger partial charge in [-0.25, -0.2) is 0 Å². The van der Waals surface area contributed by atoms with Crippen LogP contribution < -0.4 is 4.74 Å². The zero-order valence-corrected chi connectivity index (χ0v) is 9.57. The highest BCUT2D eigenvalue weighted by atomic mass is 32.1. The van der Waals surface area contributed by atoms with Crippen LogP contribution in [0.1, 0.15) is 17.4 Å². The predicted octanol–water partition coefficient (Wildman–Crippen LogP) is 3.92. The molecule has 0 saturated carbocycles. The molecule has 2 rings (SSSR count). The van der Waals surface area contributed by atoms with Crippen LogP contribution in [0.2, 0.25) is 0 Å². The Bertz CT molecular complexity index is 457. The van der Waals surface area contributed by atoms with Gasteiger partial charge < -0.3 is 4.74 Å². The summed E-state index contributed by atoms with van der Waals surface area (Å²) < 4.78 is 6.79. The molecule has 2 aromatic rings. The molecule has 1 heterocycles. The molecule has 0 unspecified atom stereocenters. The summed E-state index contributed by atoms with van der Waals surface area (Å²) in [4.78, 5) is 1.40. The summed E-state index contributed by atoms with van der Waals surface area (Å²) in [6, 6.07) is 6.33. The van der Waals surface area contributed by atoms with Crippen molar-refractivity contribution < 1.29 is 4.74 Å². The fourth-order valence-electron chi connectivity index (χ4n) is 1.58. The van der Waals surface area contributed by atoms with Gasteiger partial charge in [-0.3, -0.25) is 0 Å². The highest BCUT2D eigenvalue weighted by Crippen LogP contribution is 2.32.